The minimum atomic E-state index is -0.685. The number of tetrazole rings is 1. The highest BCUT2D eigenvalue weighted by molar-refractivity contribution is 9.08. The van der Waals surface area contributed by atoms with Crippen LogP contribution in [0.15, 0.2) is 140 Å². The Balaban J connectivity index is 1.62. The van der Waals surface area contributed by atoms with Gasteiger partial charge in [0.25, 0.3) is 0 Å². The minimum Gasteiger partial charge on any atom is -0.210 e. The fraction of sp³-hybridized carbons (Fsp3) is 0.0882. The third kappa shape index (κ3) is 4.82. The van der Waals surface area contributed by atoms with Gasteiger partial charge in [0.1, 0.15) is 5.54 Å². The fourth-order valence-corrected chi connectivity index (χ4v) is 5.70. The quantitative estimate of drug-likeness (QED) is 0.174. The summed E-state index contributed by atoms with van der Waals surface area (Å²) in [5.74, 6) is 0.721. The zero-order valence-corrected chi connectivity index (χ0v) is 22.9. The van der Waals surface area contributed by atoms with E-state index in [-0.39, 0.29) is 0 Å². The summed E-state index contributed by atoms with van der Waals surface area (Å²) in [7, 11) is 0. The standard InChI is InChI=1S/C34H27BrN4/c35-25-27-20-22-28(23-21-27)31-18-10-11-19-32(31)33-36-37-38-39(33)34(29-14-6-2-7-15-29,30-16-8-3-9-17-30)24-26-12-4-1-5-13-26/h1-23H,24-25H2. The lowest BCUT2D eigenvalue weighted by Gasteiger charge is -2.36. The molecular formula is C34H27BrN4. The van der Waals surface area contributed by atoms with Gasteiger partial charge in [-0.05, 0) is 43.8 Å². The van der Waals surface area contributed by atoms with Crippen molar-refractivity contribution < 1.29 is 0 Å². The Hall–Kier alpha value is -4.35. The molecule has 0 aliphatic rings. The third-order valence-electron chi connectivity index (χ3n) is 7.22. The highest BCUT2D eigenvalue weighted by Crippen LogP contribution is 2.41. The molecule has 190 valence electrons. The number of hydrogen-bond donors (Lipinski definition) is 0. The first kappa shape index (κ1) is 25.0. The van der Waals surface area contributed by atoms with E-state index in [1.165, 1.54) is 11.1 Å². The molecule has 39 heavy (non-hydrogen) atoms. The van der Waals surface area contributed by atoms with Gasteiger partial charge in [-0.3, -0.25) is 0 Å². The van der Waals surface area contributed by atoms with E-state index < -0.39 is 5.54 Å². The molecule has 0 fully saturated rings. The molecule has 4 nitrogen and oxygen atoms in total. The maximum atomic E-state index is 4.73. The molecule has 0 N–H and O–H groups in total. The van der Waals surface area contributed by atoms with Crippen molar-refractivity contribution in [1.82, 2.24) is 20.2 Å². The molecule has 0 amide bonds. The maximum absolute atomic E-state index is 4.73. The summed E-state index contributed by atoms with van der Waals surface area (Å²) in [6.45, 7) is 0. The molecule has 6 aromatic rings. The van der Waals surface area contributed by atoms with Crippen molar-refractivity contribution in [3.8, 4) is 22.5 Å². The summed E-state index contributed by atoms with van der Waals surface area (Å²) < 4.78 is 2.02. The summed E-state index contributed by atoms with van der Waals surface area (Å²) in [5.41, 5.74) is 7.18. The molecule has 0 saturated carbocycles. The highest BCUT2D eigenvalue weighted by Gasteiger charge is 2.40. The van der Waals surface area contributed by atoms with Crippen molar-refractivity contribution >= 4 is 15.9 Å². The second-order valence-electron chi connectivity index (χ2n) is 9.55. The van der Waals surface area contributed by atoms with Gasteiger partial charge in [0.05, 0.1) is 0 Å². The molecule has 5 aromatic carbocycles. The molecule has 1 aromatic heterocycles. The van der Waals surface area contributed by atoms with Gasteiger partial charge in [-0.15, -0.1) is 5.10 Å². The minimum absolute atomic E-state index is 0.683. The van der Waals surface area contributed by atoms with Crippen molar-refractivity contribution in [2.24, 2.45) is 0 Å². The van der Waals surface area contributed by atoms with E-state index in [0.29, 0.717) is 6.42 Å². The normalized spacial score (nSPS) is 11.4. The Labute approximate surface area is 237 Å². The topological polar surface area (TPSA) is 43.6 Å². The van der Waals surface area contributed by atoms with Crippen molar-refractivity contribution in [3.05, 3.63) is 162 Å². The number of nitrogens with zero attached hydrogens (tertiary/aromatic N) is 4. The average Bonchev–Trinajstić information content (AvgIpc) is 3.52. The van der Waals surface area contributed by atoms with Crippen LogP contribution < -0.4 is 0 Å². The van der Waals surface area contributed by atoms with Crippen LogP contribution in [0.5, 0.6) is 0 Å². The zero-order chi connectivity index (χ0) is 26.5. The van der Waals surface area contributed by atoms with E-state index in [1.54, 1.807) is 0 Å². The van der Waals surface area contributed by atoms with Gasteiger partial charge >= 0.3 is 0 Å². The molecule has 0 bridgehead atoms. The summed E-state index contributed by atoms with van der Waals surface area (Å²) in [5, 5.41) is 14.5. The molecule has 0 aliphatic heterocycles. The number of rotatable bonds is 8. The Bertz CT molecular complexity index is 1610. The van der Waals surface area contributed by atoms with Crippen LogP contribution in [0.25, 0.3) is 22.5 Å². The Morgan fingerprint density at radius 2 is 1.10 bits per heavy atom. The van der Waals surface area contributed by atoms with Crippen molar-refractivity contribution in [1.29, 1.82) is 0 Å². The molecule has 1 heterocycles. The van der Waals surface area contributed by atoms with E-state index in [4.69, 9.17) is 5.21 Å². The number of aromatic nitrogens is 4. The molecule has 0 atom stereocenters. The van der Waals surface area contributed by atoms with E-state index in [2.05, 4.69) is 154 Å². The molecule has 6 rings (SSSR count). The maximum Gasteiger partial charge on any atom is 0.183 e. The Morgan fingerprint density at radius 1 is 0.564 bits per heavy atom. The second-order valence-corrected chi connectivity index (χ2v) is 10.1. The SMILES string of the molecule is BrCc1ccc(-c2ccccc2-c2nnnn2C(Cc2ccccc2)(c2ccccc2)c2ccccc2)cc1. The summed E-state index contributed by atoms with van der Waals surface area (Å²) in [4.78, 5) is 0. The van der Waals surface area contributed by atoms with E-state index in [0.717, 1.165) is 39.0 Å². The van der Waals surface area contributed by atoms with Crippen molar-refractivity contribution in [2.75, 3.05) is 0 Å². The Kier molecular flexibility index (Phi) is 7.15. The predicted molar refractivity (Wildman–Crippen MR) is 161 cm³/mol. The smallest absolute Gasteiger partial charge is 0.183 e. The summed E-state index contributed by atoms with van der Waals surface area (Å²) >= 11 is 3.56. The molecule has 0 unspecified atom stereocenters. The molecular weight excluding hydrogens is 544 g/mol. The first-order valence-electron chi connectivity index (χ1n) is 13.0. The van der Waals surface area contributed by atoms with E-state index in [9.17, 15) is 0 Å². The van der Waals surface area contributed by atoms with Crippen molar-refractivity contribution in [3.63, 3.8) is 0 Å². The van der Waals surface area contributed by atoms with Gasteiger partial charge in [-0.1, -0.05) is 155 Å². The first-order valence-corrected chi connectivity index (χ1v) is 14.1. The van der Waals surface area contributed by atoms with E-state index in [1.807, 2.05) is 16.8 Å². The zero-order valence-electron chi connectivity index (χ0n) is 21.4. The van der Waals surface area contributed by atoms with Gasteiger partial charge < -0.3 is 0 Å². The molecule has 0 aliphatic carbocycles. The molecule has 5 heteroatoms. The van der Waals surface area contributed by atoms with Gasteiger partial charge in [0.15, 0.2) is 5.82 Å². The fourth-order valence-electron chi connectivity index (χ4n) is 5.32. The predicted octanol–water partition coefficient (Wildman–Crippen LogP) is 7.94. The van der Waals surface area contributed by atoms with Gasteiger partial charge in [-0.2, -0.15) is 0 Å². The second kappa shape index (κ2) is 11.2. The van der Waals surface area contributed by atoms with Crippen molar-refractivity contribution in [2.45, 2.75) is 17.3 Å². The van der Waals surface area contributed by atoms with Crippen LogP contribution in [0.3, 0.4) is 0 Å². The van der Waals surface area contributed by atoms with Gasteiger partial charge in [0.2, 0.25) is 0 Å². The number of benzene rings is 5. The Morgan fingerprint density at radius 3 is 1.69 bits per heavy atom. The van der Waals surface area contributed by atoms with Crippen LogP contribution in [0.2, 0.25) is 0 Å². The van der Waals surface area contributed by atoms with Crippen LogP contribution in [0.1, 0.15) is 22.3 Å². The van der Waals surface area contributed by atoms with Crippen LogP contribution in [-0.2, 0) is 17.3 Å². The third-order valence-corrected chi connectivity index (χ3v) is 7.87. The highest BCUT2D eigenvalue weighted by atomic mass is 79.9. The lowest BCUT2D eigenvalue weighted by Crippen LogP contribution is -2.40. The first-order chi connectivity index (χ1) is 19.3. The van der Waals surface area contributed by atoms with Gasteiger partial charge in [0, 0.05) is 17.3 Å². The summed E-state index contributed by atoms with van der Waals surface area (Å²) in [6.07, 6.45) is 0.683. The molecule has 0 spiro atoms. The monoisotopic (exact) mass is 570 g/mol. The van der Waals surface area contributed by atoms with Crippen LogP contribution in [0.4, 0.5) is 0 Å². The number of hydrogen-bond acceptors (Lipinski definition) is 3. The average molecular weight is 572 g/mol. The number of halogens is 1. The lowest BCUT2D eigenvalue weighted by molar-refractivity contribution is 0.379. The van der Waals surface area contributed by atoms with Crippen LogP contribution >= 0.6 is 15.9 Å². The van der Waals surface area contributed by atoms with Crippen LogP contribution in [-0.4, -0.2) is 20.2 Å². The lowest BCUT2D eigenvalue weighted by atomic mass is 9.77. The van der Waals surface area contributed by atoms with Crippen LogP contribution in [0, 0.1) is 0 Å². The summed E-state index contributed by atoms with van der Waals surface area (Å²) in [6, 6.07) is 48.7. The molecule has 0 saturated heterocycles. The van der Waals surface area contributed by atoms with E-state index >= 15 is 0 Å². The number of alkyl halides is 1. The molecule has 0 radical (unpaired) electrons. The van der Waals surface area contributed by atoms with Gasteiger partial charge in [-0.25, -0.2) is 4.68 Å². The largest absolute Gasteiger partial charge is 0.210 e.